The van der Waals surface area contributed by atoms with Gasteiger partial charge in [-0.2, -0.15) is 0 Å². The Morgan fingerprint density at radius 3 is 1.81 bits per heavy atom. The first-order valence-corrected chi connectivity index (χ1v) is 7.59. The van der Waals surface area contributed by atoms with E-state index in [-0.39, 0.29) is 4.83 Å². The zero-order chi connectivity index (χ0) is 15.4. The van der Waals surface area contributed by atoms with Crippen LogP contribution in [0.1, 0.15) is 16.0 Å². The average Bonchev–Trinajstić information content (AvgIpc) is 2.53. The predicted molar refractivity (Wildman–Crippen MR) is 88.3 cm³/mol. The molecule has 0 aromatic heterocycles. The topological polar surface area (TPSA) is 27.7 Å². The van der Waals surface area contributed by atoms with Crippen molar-refractivity contribution in [3.63, 3.8) is 0 Å². The van der Waals surface area contributed by atoms with Crippen LogP contribution in [-0.4, -0.2) is 21.3 Å². The Labute approximate surface area is 137 Å². The Balaban J connectivity index is 2.45. The lowest BCUT2D eigenvalue weighted by Crippen LogP contribution is -1.99. The maximum atomic E-state index is 5.93. The largest absolute Gasteiger partial charge is 0.493 e. The molecule has 0 aliphatic carbocycles. The van der Waals surface area contributed by atoms with Gasteiger partial charge >= 0.3 is 0 Å². The second-order valence-corrected chi connectivity index (χ2v) is 5.72. The van der Waals surface area contributed by atoms with E-state index < -0.39 is 0 Å². The normalized spacial score (nSPS) is 11.9. The molecule has 0 spiro atoms. The van der Waals surface area contributed by atoms with Gasteiger partial charge in [-0.25, -0.2) is 0 Å². The second kappa shape index (κ2) is 7.05. The van der Waals surface area contributed by atoms with Gasteiger partial charge in [0.2, 0.25) is 5.75 Å². The zero-order valence-electron chi connectivity index (χ0n) is 12.0. The summed E-state index contributed by atoms with van der Waals surface area (Å²) in [7, 11) is 4.80. The maximum absolute atomic E-state index is 5.93. The van der Waals surface area contributed by atoms with E-state index in [1.54, 1.807) is 21.3 Å². The van der Waals surface area contributed by atoms with Crippen molar-refractivity contribution in [2.24, 2.45) is 0 Å². The molecule has 3 nitrogen and oxygen atoms in total. The SMILES string of the molecule is COc1cc(C(Br)c2ccc(Cl)cc2)cc(OC)c1OC. The summed E-state index contributed by atoms with van der Waals surface area (Å²) >= 11 is 9.62. The standard InChI is InChI=1S/C16H16BrClO3/c1-19-13-8-11(9-14(20-2)16(13)21-3)15(17)10-4-6-12(18)7-5-10/h4-9,15H,1-3H3. The van der Waals surface area contributed by atoms with Crippen LogP contribution in [0.25, 0.3) is 0 Å². The molecule has 0 aliphatic heterocycles. The first-order valence-electron chi connectivity index (χ1n) is 6.30. The minimum Gasteiger partial charge on any atom is -0.493 e. The highest BCUT2D eigenvalue weighted by Gasteiger charge is 2.18. The molecule has 1 unspecified atom stereocenters. The van der Waals surface area contributed by atoms with Gasteiger partial charge in [0, 0.05) is 5.02 Å². The number of methoxy groups -OCH3 is 3. The molecule has 2 aromatic carbocycles. The molecule has 0 saturated heterocycles. The average molecular weight is 372 g/mol. The van der Waals surface area contributed by atoms with Crippen molar-refractivity contribution in [3.8, 4) is 17.2 Å². The van der Waals surface area contributed by atoms with Gasteiger partial charge in [0.25, 0.3) is 0 Å². The van der Waals surface area contributed by atoms with E-state index in [1.807, 2.05) is 36.4 Å². The fourth-order valence-corrected chi connectivity index (χ4v) is 2.77. The summed E-state index contributed by atoms with van der Waals surface area (Å²) < 4.78 is 16.1. The van der Waals surface area contributed by atoms with Crippen molar-refractivity contribution >= 4 is 27.5 Å². The molecule has 5 heteroatoms. The van der Waals surface area contributed by atoms with E-state index in [2.05, 4.69) is 15.9 Å². The first kappa shape index (κ1) is 16.0. The fourth-order valence-electron chi connectivity index (χ4n) is 2.07. The minimum atomic E-state index is 0.00322. The van der Waals surface area contributed by atoms with E-state index in [9.17, 15) is 0 Å². The summed E-state index contributed by atoms with van der Waals surface area (Å²) in [6.07, 6.45) is 0. The van der Waals surface area contributed by atoms with Crippen LogP contribution < -0.4 is 14.2 Å². The molecule has 0 N–H and O–H groups in total. The van der Waals surface area contributed by atoms with Crippen LogP contribution in [0, 0.1) is 0 Å². The van der Waals surface area contributed by atoms with Crippen molar-refractivity contribution in [2.75, 3.05) is 21.3 Å². The summed E-state index contributed by atoms with van der Waals surface area (Å²) in [4.78, 5) is 0.00322. The molecule has 0 fully saturated rings. The van der Waals surface area contributed by atoms with Crippen LogP contribution in [0.2, 0.25) is 5.02 Å². The summed E-state index contributed by atoms with van der Waals surface area (Å²) in [6.45, 7) is 0. The van der Waals surface area contributed by atoms with Gasteiger partial charge in [-0.15, -0.1) is 0 Å². The minimum absolute atomic E-state index is 0.00322. The summed E-state index contributed by atoms with van der Waals surface area (Å²) in [6, 6.07) is 11.5. The Morgan fingerprint density at radius 1 is 0.857 bits per heavy atom. The third kappa shape index (κ3) is 3.44. The molecule has 2 rings (SSSR count). The smallest absolute Gasteiger partial charge is 0.203 e. The van der Waals surface area contributed by atoms with E-state index in [0.717, 1.165) is 11.1 Å². The Hall–Kier alpha value is -1.39. The monoisotopic (exact) mass is 370 g/mol. The molecular weight excluding hydrogens is 356 g/mol. The highest BCUT2D eigenvalue weighted by molar-refractivity contribution is 9.09. The molecule has 1 atom stereocenters. The number of rotatable bonds is 5. The molecule has 112 valence electrons. The Kier molecular flexibility index (Phi) is 5.37. The number of hydrogen-bond donors (Lipinski definition) is 0. The first-order chi connectivity index (χ1) is 10.1. The van der Waals surface area contributed by atoms with Crippen molar-refractivity contribution in [1.82, 2.24) is 0 Å². The molecule has 0 aliphatic rings. The number of hydrogen-bond acceptors (Lipinski definition) is 3. The Bertz CT molecular complexity index is 588. The molecule has 0 bridgehead atoms. The van der Waals surface area contributed by atoms with Crippen LogP contribution in [-0.2, 0) is 0 Å². The van der Waals surface area contributed by atoms with Crippen LogP contribution in [0.5, 0.6) is 17.2 Å². The molecule has 0 radical (unpaired) electrons. The number of ether oxygens (including phenoxy) is 3. The van der Waals surface area contributed by atoms with Crippen LogP contribution in [0.15, 0.2) is 36.4 Å². The van der Waals surface area contributed by atoms with Gasteiger partial charge in [-0.3, -0.25) is 0 Å². The predicted octanol–water partition coefficient (Wildman–Crippen LogP) is 4.85. The lowest BCUT2D eigenvalue weighted by atomic mass is 10.0. The molecule has 0 heterocycles. The van der Waals surface area contributed by atoms with Crippen LogP contribution in [0.3, 0.4) is 0 Å². The highest BCUT2D eigenvalue weighted by Crippen LogP contribution is 2.42. The highest BCUT2D eigenvalue weighted by atomic mass is 79.9. The summed E-state index contributed by atoms with van der Waals surface area (Å²) in [5.74, 6) is 1.84. The maximum Gasteiger partial charge on any atom is 0.203 e. The molecule has 0 saturated carbocycles. The van der Waals surface area contributed by atoms with Crippen molar-refractivity contribution in [3.05, 3.63) is 52.5 Å². The van der Waals surface area contributed by atoms with Crippen LogP contribution >= 0.6 is 27.5 Å². The van der Waals surface area contributed by atoms with E-state index in [4.69, 9.17) is 25.8 Å². The van der Waals surface area contributed by atoms with Gasteiger partial charge in [0.1, 0.15) is 0 Å². The van der Waals surface area contributed by atoms with Gasteiger partial charge in [-0.1, -0.05) is 39.7 Å². The Morgan fingerprint density at radius 2 is 1.38 bits per heavy atom. The van der Waals surface area contributed by atoms with E-state index in [1.165, 1.54) is 0 Å². The summed E-state index contributed by atoms with van der Waals surface area (Å²) in [5.41, 5.74) is 2.10. The van der Waals surface area contributed by atoms with Crippen LogP contribution in [0.4, 0.5) is 0 Å². The fraction of sp³-hybridized carbons (Fsp3) is 0.250. The number of halogens is 2. The van der Waals surface area contributed by atoms with Gasteiger partial charge in [0.15, 0.2) is 11.5 Å². The zero-order valence-corrected chi connectivity index (χ0v) is 14.4. The number of alkyl halides is 1. The quantitative estimate of drug-likeness (QED) is 0.703. The van der Waals surface area contributed by atoms with Crippen molar-refractivity contribution in [1.29, 1.82) is 0 Å². The summed E-state index contributed by atoms with van der Waals surface area (Å²) in [5, 5.41) is 0.711. The molecule has 2 aromatic rings. The molecule has 0 amide bonds. The van der Waals surface area contributed by atoms with E-state index in [0.29, 0.717) is 22.3 Å². The van der Waals surface area contributed by atoms with E-state index >= 15 is 0 Å². The van der Waals surface area contributed by atoms with Gasteiger partial charge < -0.3 is 14.2 Å². The second-order valence-electron chi connectivity index (χ2n) is 4.37. The number of benzene rings is 2. The van der Waals surface area contributed by atoms with Crippen molar-refractivity contribution in [2.45, 2.75) is 4.83 Å². The van der Waals surface area contributed by atoms with Crippen molar-refractivity contribution < 1.29 is 14.2 Å². The lowest BCUT2D eigenvalue weighted by Gasteiger charge is -2.17. The molecule has 21 heavy (non-hydrogen) atoms. The lowest BCUT2D eigenvalue weighted by molar-refractivity contribution is 0.324. The van der Waals surface area contributed by atoms with Gasteiger partial charge in [-0.05, 0) is 35.4 Å². The molecular formula is C16H16BrClO3. The third-order valence-electron chi connectivity index (χ3n) is 3.14. The third-order valence-corrected chi connectivity index (χ3v) is 4.45. The van der Waals surface area contributed by atoms with Gasteiger partial charge in [0.05, 0.1) is 26.2 Å².